The quantitative estimate of drug-likeness (QED) is 0.790. The molecule has 4 nitrogen and oxygen atoms in total. The summed E-state index contributed by atoms with van der Waals surface area (Å²) in [5, 5.41) is 8.90. The number of aliphatic carboxylic acids is 1. The third-order valence-electron chi connectivity index (χ3n) is 3.72. The topological polar surface area (TPSA) is 49.8 Å². The normalized spacial score (nSPS) is 33.1. The Hall–Kier alpha value is -0.610. The first-order valence-electron chi connectivity index (χ1n) is 6.26. The van der Waals surface area contributed by atoms with Crippen LogP contribution in [-0.2, 0) is 9.53 Å². The van der Waals surface area contributed by atoms with Crippen LogP contribution >= 0.6 is 0 Å². The summed E-state index contributed by atoms with van der Waals surface area (Å²) in [5.41, 5.74) is 0. The molecule has 2 atom stereocenters. The van der Waals surface area contributed by atoms with E-state index in [2.05, 4.69) is 11.8 Å². The van der Waals surface area contributed by atoms with Crippen molar-refractivity contribution in [2.75, 3.05) is 19.6 Å². The molecule has 0 amide bonds. The monoisotopic (exact) mass is 227 g/mol. The van der Waals surface area contributed by atoms with E-state index in [-0.39, 0.29) is 5.92 Å². The van der Waals surface area contributed by atoms with Gasteiger partial charge in [-0.2, -0.15) is 0 Å². The predicted octanol–water partition coefficient (Wildman–Crippen LogP) is 1.35. The molecular formula is C12H21NO3. The Kier molecular flexibility index (Phi) is 3.82. The van der Waals surface area contributed by atoms with Gasteiger partial charge in [-0.05, 0) is 45.7 Å². The maximum Gasteiger partial charge on any atom is 0.306 e. The first-order valence-corrected chi connectivity index (χ1v) is 6.26. The average Bonchev–Trinajstić information content (AvgIpc) is 2.65. The summed E-state index contributed by atoms with van der Waals surface area (Å²) >= 11 is 0. The second-order valence-corrected chi connectivity index (χ2v) is 5.06. The van der Waals surface area contributed by atoms with Gasteiger partial charge < -0.3 is 14.7 Å². The van der Waals surface area contributed by atoms with Crippen LogP contribution in [0.4, 0.5) is 0 Å². The van der Waals surface area contributed by atoms with Crippen LogP contribution in [0.25, 0.3) is 0 Å². The van der Waals surface area contributed by atoms with Crippen LogP contribution in [0.5, 0.6) is 0 Å². The van der Waals surface area contributed by atoms with E-state index >= 15 is 0 Å². The molecule has 2 saturated heterocycles. The Labute approximate surface area is 96.6 Å². The lowest BCUT2D eigenvalue weighted by Crippen LogP contribution is -2.40. The van der Waals surface area contributed by atoms with Gasteiger partial charge in [0.05, 0.1) is 18.1 Å². The molecule has 2 fully saturated rings. The second kappa shape index (κ2) is 5.15. The van der Waals surface area contributed by atoms with Gasteiger partial charge in [0.1, 0.15) is 0 Å². The van der Waals surface area contributed by atoms with Crippen LogP contribution in [0.15, 0.2) is 0 Å². The standard InChI is InChI=1S/C12H21NO3/c1-9-2-3-11(16-9)8-13-6-4-10(5-7-13)12(14)15/h9-11H,2-8H2,1H3,(H,14,15). The van der Waals surface area contributed by atoms with Gasteiger partial charge in [0.2, 0.25) is 0 Å². The maximum atomic E-state index is 10.8. The summed E-state index contributed by atoms with van der Waals surface area (Å²) in [6.07, 6.45) is 4.67. The molecular weight excluding hydrogens is 206 g/mol. The highest BCUT2D eigenvalue weighted by atomic mass is 16.5. The Bertz CT molecular complexity index is 249. The van der Waals surface area contributed by atoms with Crippen molar-refractivity contribution in [3.05, 3.63) is 0 Å². The zero-order valence-corrected chi connectivity index (χ0v) is 9.89. The molecule has 92 valence electrons. The van der Waals surface area contributed by atoms with Crippen LogP contribution < -0.4 is 0 Å². The molecule has 0 radical (unpaired) electrons. The molecule has 2 aliphatic rings. The molecule has 0 aliphatic carbocycles. The SMILES string of the molecule is CC1CCC(CN2CCC(C(=O)O)CC2)O1. The lowest BCUT2D eigenvalue weighted by molar-refractivity contribution is -0.143. The third-order valence-corrected chi connectivity index (χ3v) is 3.72. The molecule has 0 aromatic carbocycles. The minimum atomic E-state index is -0.634. The molecule has 2 heterocycles. The van der Waals surface area contributed by atoms with Crippen LogP contribution in [0.3, 0.4) is 0 Å². The Morgan fingerprint density at radius 1 is 1.31 bits per heavy atom. The van der Waals surface area contributed by atoms with Crippen LogP contribution in [0.2, 0.25) is 0 Å². The summed E-state index contributed by atoms with van der Waals surface area (Å²) in [6.45, 7) is 4.92. The van der Waals surface area contributed by atoms with Gasteiger partial charge in [0, 0.05) is 6.54 Å². The van der Waals surface area contributed by atoms with E-state index < -0.39 is 5.97 Å². The number of hydrogen-bond donors (Lipinski definition) is 1. The van der Waals surface area contributed by atoms with Crippen molar-refractivity contribution in [2.45, 2.75) is 44.8 Å². The molecule has 2 aliphatic heterocycles. The van der Waals surface area contributed by atoms with Gasteiger partial charge in [0.25, 0.3) is 0 Å². The van der Waals surface area contributed by atoms with Crippen LogP contribution in [-0.4, -0.2) is 47.8 Å². The van der Waals surface area contributed by atoms with Crippen molar-refractivity contribution < 1.29 is 14.6 Å². The fourth-order valence-corrected chi connectivity index (χ4v) is 2.67. The summed E-state index contributed by atoms with van der Waals surface area (Å²) in [4.78, 5) is 13.2. The zero-order chi connectivity index (χ0) is 11.5. The van der Waals surface area contributed by atoms with Gasteiger partial charge in [-0.1, -0.05) is 0 Å². The van der Waals surface area contributed by atoms with E-state index in [4.69, 9.17) is 9.84 Å². The summed E-state index contributed by atoms with van der Waals surface area (Å²) in [7, 11) is 0. The number of ether oxygens (including phenoxy) is 1. The number of likely N-dealkylation sites (tertiary alicyclic amines) is 1. The minimum Gasteiger partial charge on any atom is -0.481 e. The number of nitrogens with zero attached hydrogens (tertiary/aromatic N) is 1. The van der Waals surface area contributed by atoms with Crippen LogP contribution in [0.1, 0.15) is 32.6 Å². The smallest absolute Gasteiger partial charge is 0.306 e. The highest BCUT2D eigenvalue weighted by Gasteiger charge is 2.28. The summed E-state index contributed by atoms with van der Waals surface area (Å²) in [5.74, 6) is -0.759. The fraction of sp³-hybridized carbons (Fsp3) is 0.917. The van der Waals surface area contributed by atoms with Crippen molar-refractivity contribution in [1.82, 2.24) is 4.90 Å². The van der Waals surface area contributed by atoms with Gasteiger partial charge in [-0.15, -0.1) is 0 Å². The number of carbonyl (C=O) groups is 1. The average molecular weight is 227 g/mol. The van der Waals surface area contributed by atoms with Gasteiger partial charge >= 0.3 is 5.97 Å². The first kappa shape index (κ1) is 11.9. The largest absolute Gasteiger partial charge is 0.481 e. The fourth-order valence-electron chi connectivity index (χ4n) is 2.67. The number of rotatable bonds is 3. The summed E-state index contributed by atoms with van der Waals surface area (Å²) < 4.78 is 5.78. The van der Waals surface area contributed by atoms with Crippen LogP contribution in [0, 0.1) is 5.92 Å². The van der Waals surface area contributed by atoms with E-state index in [1.165, 1.54) is 0 Å². The molecule has 16 heavy (non-hydrogen) atoms. The lowest BCUT2D eigenvalue weighted by Gasteiger charge is -2.31. The number of piperidine rings is 1. The number of carboxylic acid groups (broad SMARTS) is 1. The van der Waals surface area contributed by atoms with Crippen molar-refractivity contribution in [3.63, 3.8) is 0 Å². The van der Waals surface area contributed by atoms with Crippen molar-refractivity contribution in [1.29, 1.82) is 0 Å². The predicted molar refractivity (Wildman–Crippen MR) is 60.4 cm³/mol. The van der Waals surface area contributed by atoms with E-state index in [1.54, 1.807) is 0 Å². The second-order valence-electron chi connectivity index (χ2n) is 5.06. The van der Waals surface area contributed by atoms with E-state index in [9.17, 15) is 4.79 Å². The van der Waals surface area contributed by atoms with Gasteiger partial charge in [0.15, 0.2) is 0 Å². The highest BCUT2D eigenvalue weighted by molar-refractivity contribution is 5.70. The van der Waals surface area contributed by atoms with Crippen molar-refractivity contribution >= 4 is 5.97 Å². The zero-order valence-electron chi connectivity index (χ0n) is 9.89. The van der Waals surface area contributed by atoms with Gasteiger partial charge in [-0.25, -0.2) is 0 Å². The van der Waals surface area contributed by atoms with Crippen molar-refractivity contribution in [2.24, 2.45) is 5.92 Å². The Morgan fingerprint density at radius 3 is 2.50 bits per heavy atom. The van der Waals surface area contributed by atoms with E-state index in [1.807, 2.05) is 0 Å². The van der Waals surface area contributed by atoms with E-state index in [0.29, 0.717) is 12.2 Å². The Balaban J connectivity index is 1.71. The molecule has 0 aromatic heterocycles. The lowest BCUT2D eigenvalue weighted by atomic mass is 9.97. The molecule has 1 N–H and O–H groups in total. The molecule has 2 rings (SSSR count). The third kappa shape index (κ3) is 2.95. The molecule has 0 aromatic rings. The molecule has 0 saturated carbocycles. The van der Waals surface area contributed by atoms with Crippen molar-refractivity contribution in [3.8, 4) is 0 Å². The molecule has 2 unspecified atom stereocenters. The van der Waals surface area contributed by atoms with E-state index in [0.717, 1.165) is 45.3 Å². The minimum absolute atomic E-state index is 0.125. The molecule has 4 heteroatoms. The summed E-state index contributed by atoms with van der Waals surface area (Å²) in [6, 6.07) is 0. The maximum absolute atomic E-state index is 10.8. The Morgan fingerprint density at radius 2 is 2.00 bits per heavy atom. The highest BCUT2D eigenvalue weighted by Crippen LogP contribution is 2.23. The number of hydrogen-bond acceptors (Lipinski definition) is 3. The molecule has 0 bridgehead atoms. The number of carboxylic acids is 1. The molecule has 0 spiro atoms. The van der Waals surface area contributed by atoms with Gasteiger partial charge in [-0.3, -0.25) is 4.79 Å². The first-order chi connectivity index (χ1) is 7.65.